The molecule has 22 heavy (non-hydrogen) atoms. The molecule has 0 aliphatic carbocycles. The first kappa shape index (κ1) is 20.9. The molecular weight excluding hydrogens is 280 g/mol. The van der Waals surface area contributed by atoms with Crippen molar-refractivity contribution in [3.8, 4) is 0 Å². The number of rotatable bonds is 16. The quantitative estimate of drug-likeness (QED) is 0.318. The highest BCUT2D eigenvalue weighted by molar-refractivity contribution is 5.69. The van der Waals surface area contributed by atoms with Crippen molar-refractivity contribution in [2.24, 2.45) is 0 Å². The Morgan fingerprint density at radius 2 is 1.23 bits per heavy atom. The lowest BCUT2D eigenvalue weighted by Crippen LogP contribution is -2.05. The Hall–Kier alpha value is -1.06. The lowest BCUT2D eigenvalue weighted by atomic mass is 10.1. The third-order valence-electron chi connectivity index (χ3n) is 3.78. The third-order valence-corrected chi connectivity index (χ3v) is 3.78. The molecule has 0 fully saturated rings. The SMILES string of the molecule is CCCCCCCCOC(=O)CCCCCCCCC(=O)O. The van der Waals surface area contributed by atoms with E-state index >= 15 is 0 Å². The highest BCUT2D eigenvalue weighted by Gasteiger charge is 2.02. The van der Waals surface area contributed by atoms with Crippen molar-refractivity contribution in [1.82, 2.24) is 0 Å². The van der Waals surface area contributed by atoms with Crippen LogP contribution in [0.25, 0.3) is 0 Å². The Kier molecular flexibility index (Phi) is 15.5. The Bertz CT molecular complexity index is 276. The lowest BCUT2D eigenvalue weighted by Gasteiger charge is -2.05. The van der Waals surface area contributed by atoms with Gasteiger partial charge < -0.3 is 9.84 Å². The van der Waals surface area contributed by atoms with Crippen LogP contribution in [0.1, 0.15) is 96.8 Å². The first-order chi connectivity index (χ1) is 10.7. The minimum atomic E-state index is -0.715. The molecular formula is C18H34O4. The molecule has 130 valence electrons. The summed E-state index contributed by atoms with van der Waals surface area (Å²) in [7, 11) is 0. The monoisotopic (exact) mass is 314 g/mol. The Balaban J connectivity index is 3.17. The van der Waals surface area contributed by atoms with Crippen LogP contribution in [0.4, 0.5) is 0 Å². The van der Waals surface area contributed by atoms with Crippen LogP contribution < -0.4 is 0 Å². The second kappa shape index (κ2) is 16.3. The van der Waals surface area contributed by atoms with Gasteiger partial charge in [-0.25, -0.2) is 0 Å². The van der Waals surface area contributed by atoms with E-state index in [2.05, 4.69) is 6.92 Å². The number of carboxylic acids is 1. The van der Waals surface area contributed by atoms with Crippen molar-refractivity contribution in [2.45, 2.75) is 96.8 Å². The molecule has 0 amide bonds. The minimum Gasteiger partial charge on any atom is -0.481 e. The fourth-order valence-corrected chi connectivity index (χ4v) is 2.39. The van der Waals surface area contributed by atoms with Crippen LogP contribution in [-0.4, -0.2) is 23.7 Å². The van der Waals surface area contributed by atoms with Crippen LogP contribution in [0.3, 0.4) is 0 Å². The predicted octanol–water partition coefficient (Wildman–Crippen LogP) is 5.10. The van der Waals surface area contributed by atoms with Crippen molar-refractivity contribution in [2.75, 3.05) is 6.61 Å². The van der Waals surface area contributed by atoms with Gasteiger partial charge in [-0.2, -0.15) is 0 Å². The van der Waals surface area contributed by atoms with Gasteiger partial charge in [-0.1, -0.05) is 64.7 Å². The standard InChI is InChI=1S/C18H34O4/c1-2-3-4-5-10-13-16-22-18(21)15-12-9-7-6-8-11-14-17(19)20/h2-16H2,1H3,(H,19,20). The van der Waals surface area contributed by atoms with Gasteiger partial charge in [-0.15, -0.1) is 0 Å². The summed E-state index contributed by atoms with van der Waals surface area (Å²) in [5.74, 6) is -0.785. The predicted molar refractivity (Wildman–Crippen MR) is 88.9 cm³/mol. The molecule has 0 bridgehead atoms. The molecule has 0 aliphatic rings. The van der Waals surface area contributed by atoms with Gasteiger partial charge >= 0.3 is 11.9 Å². The van der Waals surface area contributed by atoms with Gasteiger partial charge in [0.2, 0.25) is 0 Å². The second-order valence-electron chi connectivity index (χ2n) is 6.00. The maximum atomic E-state index is 11.5. The van der Waals surface area contributed by atoms with Crippen molar-refractivity contribution >= 4 is 11.9 Å². The summed E-state index contributed by atoms with van der Waals surface area (Å²) in [6, 6.07) is 0. The van der Waals surface area contributed by atoms with Gasteiger partial charge in [0.25, 0.3) is 0 Å². The highest BCUT2D eigenvalue weighted by atomic mass is 16.5. The number of hydrogen-bond acceptors (Lipinski definition) is 3. The molecule has 0 aromatic rings. The molecule has 0 aliphatic heterocycles. The van der Waals surface area contributed by atoms with Crippen LogP contribution >= 0.6 is 0 Å². The largest absolute Gasteiger partial charge is 0.481 e. The maximum absolute atomic E-state index is 11.5. The number of esters is 1. The van der Waals surface area contributed by atoms with Crippen molar-refractivity contribution in [3.05, 3.63) is 0 Å². The van der Waals surface area contributed by atoms with Crippen molar-refractivity contribution < 1.29 is 19.4 Å². The second-order valence-corrected chi connectivity index (χ2v) is 6.00. The van der Waals surface area contributed by atoms with Gasteiger partial charge in [-0.05, 0) is 19.3 Å². The number of hydrogen-bond donors (Lipinski definition) is 1. The zero-order chi connectivity index (χ0) is 16.5. The van der Waals surface area contributed by atoms with E-state index in [-0.39, 0.29) is 12.4 Å². The van der Waals surface area contributed by atoms with Crippen LogP contribution in [0.5, 0.6) is 0 Å². The summed E-state index contributed by atoms with van der Waals surface area (Å²) in [4.78, 5) is 21.8. The number of carbonyl (C=O) groups is 2. The van der Waals surface area contributed by atoms with Crippen LogP contribution in [0.2, 0.25) is 0 Å². The van der Waals surface area contributed by atoms with Crippen LogP contribution in [0, 0.1) is 0 Å². The fraction of sp³-hybridized carbons (Fsp3) is 0.889. The van der Waals surface area contributed by atoms with E-state index in [1.54, 1.807) is 0 Å². The summed E-state index contributed by atoms with van der Waals surface area (Å²) in [5, 5.41) is 8.51. The normalized spacial score (nSPS) is 10.6. The number of unbranched alkanes of at least 4 members (excludes halogenated alkanes) is 10. The molecule has 0 rings (SSSR count). The first-order valence-corrected chi connectivity index (χ1v) is 9.04. The van der Waals surface area contributed by atoms with E-state index in [0.717, 1.165) is 51.4 Å². The summed E-state index contributed by atoms with van der Waals surface area (Å²) < 4.78 is 5.22. The smallest absolute Gasteiger partial charge is 0.305 e. The molecule has 0 saturated heterocycles. The van der Waals surface area contributed by atoms with Gasteiger partial charge in [0, 0.05) is 12.8 Å². The summed E-state index contributed by atoms with van der Waals surface area (Å²) in [6.45, 7) is 2.78. The Morgan fingerprint density at radius 3 is 1.82 bits per heavy atom. The molecule has 0 aromatic heterocycles. The maximum Gasteiger partial charge on any atom is 0.305 e. The highest BCUT2D eigenvalue weighted by Crippen LogP contribution is 2.09. The molecule has 0 radical (unpaired) electrons. The number of carbonyl (C=O) groups excluding carboxylic acids is 1. The summed E-state index contributed by atoms with van der Waals surface area (Å²) >= 11 is 0. The van der Waals surface area contributed by atoms with E-state index in [0.29, 0.717) is 13.0 Å². The topological polar surface area (TPSA) is 63.6 Å². The average molecular weight is 314 g/mol. The van der Waals surface area contributed by atoms with E-state index in [1.165, 1.54) is 25.7 Å². The number of aliphatic carboxylic acids is 1. The zero-order valence-corrected chi connectivity index (χ0v) is 14.3. The van der Waals surface area contributed by atoms with E-state index in [4.69, 9.17) is 9.84 Å². The van der Waals surface area contributed by atoms with Gasteiger partial charge in [0.15, 0.2) is 0 Å². The molecule has 4 nitrogen and oxygen atoms in total. The van der Waals surface area contributed by atoms with Gasteiger partial charge in [-0.3, -0.25) is 9.59 Å². The Morgan fingerprint density at radius 1 is 0.727 bits per heavy atom. The van der Waals surface area contributed by atoms with Crippen LogP contribution in [-0.2, 0) is 14.3 Å². The van der Waals surface area contributed by atoms with E-state index in [1.807, 2.05) is 0 Å². The third kappa shape index (κ3) is 17.0. The molecule has 0 saturated carbocycles. The van der Waals surface area contributed by atoms with E-state index in [9.17, 15) is 9.59 Å². The first-order valence-electron chi connectivity index (χ1n) is 9.04. The minimum absolute atomic E-state index is 0.0700. The van der Waals surface area contributed by atoms with Crippen molar-refractivity contribution in [1.29, 1.82) is 0 Å². The molecule has 0 unspecified atom stereocenters. The Labute approximate surface area is 135 Å². The number of ether oxygens (including phenoxy) is 1. The van der Waals surface area contributed by atoms with Gasteiger partial charge in [0.05, 0.1) is 6.61 Å². The molecule has 0 heterocycles. The number of carboxylic acid groups (broad SMARTS) is 1. The molecule has 1 N–H and O–H groups in total. The zero-order valence-electron chi connectivity index (χ0n) is 14.3. The molecule has 4 heteroatoms. The molecule has 0 aromatic carbocycles. The lowest BCUT2D eigenvalue weighted by molar-refractivity contribution is -0.144. The van der Waals surface area contributed by atoms with Crippen LogP contribution in [0.15, 0.2) is 0 Å². The molecule has 0 atom stereocenters. The van der Waals surface area contributed by atoms with E-state index < -0.39 is 5.97 Å². The van der Waals surface area contributed by atoms with Gasteiger partial charge in [0.1, 0.15) is 0 Å². The molecule has 0 spiro atoms. The summed E-state index contributed by atoms with van der Waals surface area (Å²) in [6.07, 6.45) is 13.8. The fourth-order valence-electron chi connectivity index (χ4n) is 2.39. The summed E-state index contributed by atoms with van der Waals surface area (Å²) in [5.41, 5.74) is 0. The van der Waals surface area contributed by atoms with Crippen molar-refractivity contribution in [3.63, 3.8) is 0 Å². The average Bonchev–Trinajstić information content (AvgIpc) is 2.48.